The number of ether oxygens (including phenoxy) is 2. The van der Waals surface area contributed by atoms with Gasteiger partial charge in [0, 0.05) is 37.0 Å². The monoisotopic (exact) mass is 543 g/mol. The zero-order valence-electron chi connectivity index (χ0n) is 22.5. The Bertz CT molecular complexity index is 1140. The van der Waals surface area contributed by atoms with Crippen molar-refractivity contribution in [2.24, 2.45) is 23.7 Å². The van der Waals surface area contributed by atoms with E-state index < -0.39 is 29.6 Å². The summed E-state index contributed by atoms with van der Waals surface area (Å²) in [6, 6.07) is 4.53. The predicted molar refractivity (Wildman–Crippen MR) is 145 cm³/mol. The molecule has 1 aliphatic carbocycles. The van der Waals surface area contributed by atoms with Crippen molar-refractivity contribution in [3.05, 3.63) is 40.9 Å². The minimum Gasteiger partial charge on any atom is -0.385 e. The lowest BCUT2D eigenvalue weighted by Gasteiger charge is -2.38. The minimum absolute atomic E-state index is 0.0468. The normalized spacial score (nSPS) is 35.4. The van der Waals surface area contributed by atoms with Crippen molar-refractivity contribution in [1.82, 2.24) is 10.2 Å². The molecule has 4 aliphatic rings. The van der Waals surface area contributed by atoms with Gasteiger partial charge in [-0.05, 0) is 49.3 Å². The summed E-state index contributed by atoms with van der Waals surface area (Å²) < 4.78 is 11.6. The second-order valence-electron chi connectivity index (χ2n) is 11.4. The van der Waals surface area contributed by atoms with Crippen molar-refractivity contribution in [1.29, 1.82) is 0 Å². The van der Waals surface area contributed by atoms with E-state index in [0.29, 0.717) is 42.1 Å². The quantitative estimate of drug-likeness (QED) is 0.385. The molecule has 0 aromatic heterocycles. The summed E-state index contributed by atoms with van der Waals surface area (Å²) in [7, 11) is 1.61. The highest BCUT2D eigenvalue weighted by Gasteiger charge is 2.72. The topological polar surface area (TPSA) is 97.0 Å². The number of anilines is 1. The molecule has 3 amide bonds. The molecule has 3 aliphatic heterocycles. The van der Waals surface area contributed by atoms with Crippen molar-refractivity contribution < 1.29 is 23.9 Å². The van der Waals surface area contributed by atoms with Gasteiger partial charge in [0.2, 0.25) is 17.7 Å². The van der Waals surface area contributed by atoms with Crippen molar-refractivity contribution >= 4 is 35.0 Å². The van der Waals surface area contributed by atoms with Crippen LogP contribution in [0.1, 0.15) is 45.1 Å². The van der Waals surface area contributed by atoms with E-state index in [1.54, 1.807) is 24.1 Å². The van der Waals surface area contributed by atoms with Gasteiger partial charge >= 0.3 is 0 Å². The average molecular weight is 544 g/mol. The van der Waals surface area contributed by atoms with Crippen LogP contribution >= 0.6 is 11.6 Å². The number of rotatable bonds is 8. The van der Waals surface area contributed by atoms with Crippen LogP contribution in [0.5, 0.6) is 0 Å². The van der Waals surface area contributed by atoms with Crippen molar-refractivity contribution in [3.63, 3.8) is 0 Å². The van der Waals surface area contributed by atoms with Crippen LogP contribution in [0.3, 0.4) is 0 Å². The number of nitrogens with zero attached hydrogens (tertiary/aromatic N) is 1. The molecule has 6 unspecified atom stereocenters. The highest BCUT2D eigenvalue weighted by atomic mass is 35.5. The Balaban J connectivity index is 1.42. The molecule has 3 fully saturated rings. The SMILES string of the molecule is COCCCN1C(=O)[C@H]2C(C(=O)Nc3ccc(C)c(Cl)c3)[C@H]3C=CC2(O3)C1C(=O)NC1CCCC(C)C1C. The number of amides is 3. The number of fused-ring (bicyclic) bond motifs is 1. The molecule has 206 valence electrons. The lowest BCUT2D eigenvalue weighted by Crippen LogP contribution is -2.58. The van der Waals surface area contributed by atoms with Gasteiger partial charge < -0.3 is 25.0 Å². The fourth-order valence-electron chi connectivity index (χ4n) is 6.83. The standard InChI is InChI=1S/C29H38ClN3O5/c1-16-7-5-8-21(18(16)3)32-27(35)25-29-12-11-22(38-29)23(24(29)28(36)33(25)13-6-14-37-4)26(34)31-19-10-9-17(2)20(30)15-19/h9-12,15-16,18,21-25H,5-8,13-14H2,1-4H3,(H,31,34)(H,32,35)/t16?,18?,21?,22-,23?,24-,25?,29?/m1/s1. The van der Waals surface area contributed by atoms with E-state index in [1.165, 1.54) is 0 Å². The van der Waals surface area contributed by atoms with Gasteiger partial charge in [0.1, 0.15) is 11.6 Å². The highest BCUT2D eigenvalue weighted by molar-refractivity contribution is 6.31. The molecule has 9 heteroatoms. The van der Waals surface area contributed by atoms with Crippen LogP contribution in [0.4, 0.5) is 5.69 Å². The third-order valence-corrected chi connectivity index (χ3v) is 9.55. The lowest BCUT2D eigenvalue weighted by atomic mass is 9.73. The van der Waals surface area contributed by atoms with E-state index >= 15 is 0 Å². The summed E-state index contributed by atoms with van der Waals surface area (Å²) >= 11 is 6.26. The summed E-state index contributed by atoms with van der Waals surface area (Å²) in [6.07, 6.45) is 6.82. The number of carbonyl (C=O) groups excluding carboxylic acids is 3. The Morgan fingerprint density at radius 2 is 2.03 bits per heavy atom. The lowest BCUT2D eigenvalue weighted by molar-refractivity contribution is -0.141. The molecule has 1 spiro atoms. The van der Waals surface area contributed by atoms with Crippen LogP contribution in [-0.2, 0) is 23.9 Å². The molecule has 3 heterocycles. The van der Waals surface area contributed by atoms with Crippen LogP contribution in [0.15, 0.2) is 30.4 Å². The third kappa shape index (κ3) is 4.54. The number of benzene rings is 1. The first-order chi connectivity index (χ1) is 18.2. The van der Waals surface area contributed by atoms with Crippen LogP contribution in [-0.4, -0.2) is 66.7 Å². The van der Waals surface area contributed by atoms with E-state index in [1.807, 2.05) is 25.1 Å². The number of aryl methyl sites for hydroxylation is 1. The zero-order chi connectivity index (χ0) is 27.2. The number of nitrogens with one attached hydrogen (secondary N) is 2. The largest absolute Gasteiger partial charge is 0.385 e. The minimum atomic E-state index is -1.17. The summed E-state index contributed by atoms with van der Waals surface area (Å²) in [6.45, 7) is 7.11. The number of hydrogen-bond acceptors (Lipinski definition) is 5. The Labute approximate surface area is 229 Å². The molecule has 1 saturated carbocycles. The maximum Gasteiger partial charge on any atom is 0.246 e. The van der Waals surface area contributed by atoms with Crippen LogP contribution in [0, 0.1) is 30.6 Å². The summed E-state index contributed by atoms with van der Waals surface area (Å²) in [5.41, 5.74) is 0.293. The van der Waals surface area contributed by atoms with Crippen molar-refractivity contribution in [2.75, 3.05) is 25.6 Å². The van der Waals surface area contributed by atoms with Gasteiger partial charge in [0.05, 0.1) is 17.9 Å². The smallest absolute Gasteiger partial charge is 0.246 e. The second kappa shape index (κ2) is 10.6. The third-order valence-electron chi connectivity index (χ3n) is 9.15. The van der Waals surface area contributed by atoms with E-state index in [4.69, 9.17) is 21.1 Å². The number of carbonyl (C=O) groups is 3. The van der Waals surface area contributed by atoms with Crippen molar-refractivity contribution in [3.8, 4) is 0 Å². The number of hydrogen-bond donors (Lipinski definition) is 2. The highest BCUT2D eigenvalue weighted by Crippen LogP contribution is 2.55. The molecule has 8 atom stereocenters. The Hall–Kier alpha value is -2.42. The molecular weight excluding hydrogens is 506 g/mol. The second-order valence-corrected chi connectivity index (χ2v) is 11.8. The fourth-order valence-corrected chi connectivity index (χ4v) is 7.01. The maximum absolute atomic E-state index is 14.0. The molecule has 5 rings (SSSR count). The summed E-state index contributed by atoms with van der Waals surface area (Å²) in [5, 5.41) is 6.75. The predicted octanol–water partition coefficient (Wildman–Crippen LogP) is 3.71. The number of likely N-dealkylation sites (tertiary alicyclic amines) is 1. The zero-order valence-corrected chi connectivity index (χ0v) is 23.3. The fraction of sp³-hybridized carbons (Fsp3) is 0.621. The molecular formula is C29H38ClN3O5. The van der Waals surface area contributed by atoms with Gasteiger partial charge in [-0.2, -0.15) is 0 Å². The van der Waals surface area contributed by atoms with Gasteiger partial charge in [0.25, 0.3) is 0 Å². The van der Waals surface area contributed by atoms with E-state index in [0.717, 1.165) is 24.8 Å². The molecule has 1 aromatic rings. The van der Waals surface area contributed by atoms with Gasteiger partial charge in [-0.15, -0.1) is 0 Å². The van der Waals surface area contributed by atoms with Gasteiger partial charge in [0.15, 0.2) is 0 Å². The molecule has 8 nitrogen and oxygen atoms in total. The molecule has 1 aromatic carbocycles. The average Bonchev–Trinajstić information content (AvgIpc) is 3.52. The molecule has 2 N–H and O–H groups in total. The summed E-state index contributed by atoms with van der Waals surface area (Å²) in [4.78, 5) is 43.1. The van der Waals surface area contributed by atoms with E-state index in [2.05, 4.69) is 24.5 Å². The van der Waals surface area contributed by atoms with Gasteiger partial charge in [-0.3, -0.25) is 14.4 Å². The van der Waals surface area contributed by atoms with Gasteiger partial charge in [-0.1, -0.05) is 56.5 Å². The Morgan fingerprint density at radius 3 is 2.76 bits per heavy atom. The van der Waals surface area contributed by atoms with E-state index in [-0.39, 0.29) is 23.8 Å². The van der Waals surface area contributed by atoms with E-state index in [9.17, 15) is 14.4 Å². The van der Waals surface area contributed by atoms with Crippen LogP contribution < -0.4 is 10.6 Å². The first-order valence-electron chi connectivity index (χ1n) is 13.7. The number of methoxy groups -OCH3 is 1. The molecule has 2 saturated heterocycles. The first-order valence-corrected chi connectivity index (χ1v) is 14.1. The van der Waals surface area contributed by atoms with Gasteiger partial charge in [-0.25, -0.2) is 0 Å². The Kier molecular flexibility index (Phi) is 7.59. The first kappa shape index (κ1) is 27.2. The van der Waals surface area contributed by atoms with Crippen LogP contribution in [0.25, 0.3) is 0 Å². The molecule has 38 heavy (non-hydrogen) atoms. The Morgan fingerprint density at radius 1 is 1.24 bits per heavy atom. The van der Waals surface area contributed by atoms with Crippen molar-refractivity contribution in [2.45, 2.75) is 70.2 Å². The molecule has 0 radical (unpaired) electrons. The summed E-state index contributed by atoms with van der Waals surface area (Å²) in [5.74, 6) is -1.40. The maximum atomic E-state index is 14.0. The number of halogens is 1. The molecule has 2 bridgehead atoms. The van der Waals surface area contributed by atoms with Crippen LogP contribution in [0.2, 0.25) is 5.02 Å².